The van der Waals surface area contributed by atoms with Crippen LogP contribution in [0, 0.1) is 6.92 Å². The van der Waals surface area contributed by atoms with Crippen molar-refractivity contribution in [3.05, 3.63) is 45.6 Å². The van der Waals surface area contributed by atoms with Crippen LogP contribution in [0.1, 0.15) is 25.6 Å². The standard InChI is InChI=1S/C15H15NO6S2/c1-9-5-4-6-10(12(9)14(17)21-2)16-24(19,20)11-7-8-23-13(11)15(18)22-3/h4-8,16H,1-3H3. The molecule has 1 aromatic heterocycles. The number of sulfonamides is 1. The Labute approximate surface area is 143 Å². The van der Waals surface area contributed by atoms with Crippen LogP contribution in [0.2, 0.25) is 0 Å². The molecule has 0 saturated heterocycles. The molecule has 1 aromatic carbocycles. The quantitative estimate of drug-likeness (QED) is 0.813. The molecule has 0 aliphatic heterocycles. The maximum atomic E-state index is 12.6. The molecule has 0 radical (unpaired) electrons. The largest absolute Gasteiger partial charge is 0.465 e. The van der Waals surface area contributed by atoms with Crippen molar-refractivity contribution >= 4 is 39.0 Å². The van der Waals surface area contributed by atoms with Gasteiger partial charge < -0.3 is 9.47 Å². The van der Waals surface area contributed by atoms with Crippen molar-refractivity contribution in [1.29, 1.82) is 0 Å². The maximum absolute atomic E-state index is 12.6. The summed E-state index contributed by atoms with van der Waals surface area (Å²) in [6.07, 6.45) is 0. The van der Waals surface area contributed by atoms with E-state index in [0.717, 1.165) is 11.3 Å². The number of rotatable bonds is 5. The van der Waals surface area contributed by atoms with Gasteiger partial charge in [0.15, 0.2) is 0 Å². The monoisotopic (exact) mass is 369 g/mol. The van der Waals surface area contributed by atoms with Gasteiger partial charge in [0.1, 0.15) is 9.77 Å². The summed E-state index contributed by atoms with van der Waals surface area (Å²) in [7, 11) is -1.71. The van der Waals surface area contributed by atoms with Crippen LogP contribution >= 0.6 is 11.3 Å². The first-order chi connectivity index (χ1) is 11.3. The maximum Gasteiger partial charge on any atom is 0.349 e. The van der Waals surface area contributed by atoms with E-state index in [4.69, 9.17) is 4.74 Å². The number of ether oxygens (including phenoxy) is 2. The number of benzene rings is 1. The number of esters is 2. The second-order valence-corrected chi connectivity index (χ2v) is 7.27. The van der Waals surface area contributed by atoms with Crippen LogP contribution in [-0.4, -0.2) is 34.6 Å². The van der Waals surface area contributed by atoms with Crippen molar-refractivity contribution in [2.45, 2.75) is 11.8 Å². The van der Waals surface area contributed by atoms with E-state index in [1.165, 1.54) is 31.7 Å². The van der Waals surface area contributed by atoms with Crippen LogP contribution in [0.3, 0.4) is 0 Å². The lowest BCUT2D eigenvalue weighted by Gasteiger charge is -2.13. The van der Waals surface area contributed by atoms with E-state index in [-0.39, 0.29) is 21.0 Å². The topological polar surface area (TPSA) is 98.8 Å². The SMILES string of the molecule is COC(=O)c1sccc1S(=O)(=O)Nc1cccc(C)c1C(=O)OC. The van der Waals surface area contributed by atoms with Crippen LogP contribution in [0.25, 0.3) is 0 Å². The predicted molar refractivity (Wildman–Crippen MR) is 89.0 cm³/mol. The molecule has 1 N–H and O–H groups in total. The highest BCUT2D eigenvalue weighted by atomic mass is 32.2. The highest BCUT2D eigenvalue weighted by molar-refractivity contribution is 7.93. The molecule has 24 heavy (non-hydrogen) atoms. The molecule has 0 atom stereocenters. The van der Waals surface area contributed by atoms with Crippen molar-refractivity contribution in [2.24, 2.45) is 0 Å². The van der Waals surface area contributed by atoms with Gasteiger partial charge in [-0.25, -0.2) is 18.0 Å². The fourth-order valence-corrected chi connectivity index (χ4v) is 4.48. The Bertz CT molecular complexity index is 885. The molecule has 0 amide bonds. The zero-order valence-electron chi connectivity index (χ0n) is 13.2. The molecular weight excluding hydrogens is 354 g/mol. The fourth-order valence-electron chi connectivity index (χ4n) is 2.08. The Morgan fingerprint density at radius 1 is 1.08 bits per heavy atom. The molecular formula is C15H15NO6S2. The smallest absolute Gasteiger partial charge is 0.349 e. The van der Waals surface area contributed by atoms with Crippen LogP contribution in [0.5, 0.6) is 0 Å². The summed E-state index contributed by atoms with van der Waals surface area (Å²) >= 11 is 0.952. The van der Waals surface area contributed by atoms with Crippen molar-refractivity contribution < 1.29 is 27.5 Å². The molecule has 0 aliphatic rings. The number of thiophene rings is 1. The molecule has 0 fully saturated rings. The number of nitrogens with one attached hydrogen (secondary N) is 1. The third-order valence-electron chi connectivity index (χ3n) is 3.20. The van der Waals surface area contributed by atoms with Gasteiger partial charge >= 0.3 is 11.9 Å². The second kappa shape index (κ2) is 7.02. The molecule has 0 saturated carbocycles. The Kier molecular flexibility index (Phi) is 5.25. The highest BCUT2D eigenvalue weighted by Crippen LogP contribution is 2.27. The highest BCUT2D eigenvalue weighted by Gasteiger charge is 2.26. The lowest BCUT2D eigenvalue weighted by molar-refractivity contribution is 0.0592. The van der Waals surface area contributed by atoms with Crippen molar-refractivity contribution in [2.75, 3.05) is 18.9 Å². The van der Waals surface area contributed by atoms with Gasteiger partial charge in [-0.15, -0.1) is 11.3 Å². The molecule has 0 spiro atoms. The number of carbonyl (C=O) groups is 2. The summed E-state index contributed by atoms with van der Waals surface area (Å²) < 4.78 is 36.8. The number of carbonyl (C=O) groups excluding carboxylic acids is 2. The van der Waals surface area contributed by atoms with Gasteiger partial charge in [-0.3, -0.25) is 4.72 Å². The lowest BCUT2D eigenvalue weighted by Crippen LogP contribution is -2.18. The van der Waals surface area contributed by atoms with Crippen LogP contribution in [-0.2, 0) is 19.5 Å². The zero-order chi connectivity index (χ0) is 17.9. The average molecular weight is 369 g/mol. The summed E-state index contributed by atoms with van der Waals surface area (Å²) in [6.45, 7) is 1.66. The van der Waals surface area contributed by atoms with Gasteiger partial charge in [0, 0.05) is 0 Å². The first kappa shape index (κ1) is 18.0. The van der Waals surface area contributed by atoms with Crippen molar-refractivity contribution in [3.63, 3.8) is 0 Å². The molecule has 0 aliphatic carbocycles. The van der Waals surface area contributed by atoms with E-state index in [1.54, 1.807) is 19.1 Å². The number of methoxy groups -OCH3 is 2. The zero-order valence-corrected chi connectivity index (χ0v) is 14.8. The van der Waals surface area contributed by atoms with Gasteiger partial charge in [-0.2, -0.15) is 0 Å². The molecule has 2 aromatic rings. The normalized spacial score (nSPS) is 11.0. The van der Waals surface area contributed by atoms with E-state index >= 15 is 0 Å². The van der Waals surface area contributed by atoms with Gasteiger partial charge in [0.25, 0.3) is 10.0 Å². The molecule has 1 heterocycles. The minimum atomic E-state index is -4.08. The first-order valence-corrected chi connectivity index (χ1v) is 9.04. The Balaban J connectivity index is 2.49. The van der Waals surface area contributed by atoms with E-state index in [9.17, 15) is 18.0 Å². The summed E-state index contributed by atoms with van der Waals surface area (Å²) in [6, 6.07) is 6.01. The van der Waals surface area contributed by atoms with E-state index < -0.39 is 22.0 Å². The summed E-state index contributed by atoms with van der Waals surface area (Å²) in [4.78, 5) is 23.4. The Morgan fingerprint density at radius 2 is 1.75 bits per heavy atom. The Morgan fingerprint density at radius 3 is 2.38 bits per heavy atom. The number of hydrogen-bond acceptors (Lipinski definition) is 7. The minimum Gasteiger partial charge on any atom is -0.465 e. The number of hydrogen-bond donors (Lipinski definition) is 1. The second-order valence-electron chi connectivity index (χ2n) is 4.70. The van der Waals surface area contributed by atoms with E-state index in [2.05, 4.69) is 9.46 Å². The van der Waals surface area contributed by atoms with Gasteiger partial charge in [0.2, 0.25) is 0 Å². The van der Waals surface area contributed by atoms with E-state index in [1.807, 2.05) is 0 Å². The molecule has 0 unspecified atom stereocenters. The Hall–Kier alpha value is -2.39. The van der Waals surface area contributed by atoms with Crippen LogP contribution < -0.4 is 4.72 Å². The van der Waals surface area contributed by atoms with Gasteiger partial charge in [-0.05, 0) is 30.0 Å². The van der Waals surface area contributed by atoms with Crippen LogP contribution in [0.4, 0.5) is 5.69 Å². The average Bonchev–Trinajstić information content (AvgIpc) is 3.04. The lowest BCUT2D eigenvalue weighted by atomic mass is 10.1. The van der Waals surface area contributed by atoms with Crippen molar-refractivity contribution in [3.8, 4) is 0 Å². The third-order valence-corrected chi connectivity index (χ3v) is 5.63. The minimum absolute atomic E-state index is 0.0442. The molecule has 9 heteroatoms. The van der Waals surface area contributed by atoms with E-state index in [0.29, 0.717) is 5.56 Å². The van der Waals surface area contributed by atoms with Gasteiger partial charge in [0.05, 0.1) is 25.5 Å². The molecule has 7 nitrogen and oxygen atoms in total. The molecule has 0 bridgehead atoms. The summed E-state index contributed by atoms with van der Waals surface area (Å²) in [5, 5.41) is 1.47. The first-order valence-electron chi connectivity index (χ1n) is 6.68. The predicted octanol–water partition coefficient (Wildman–Crippen LogP) is 2.43. The third kappa shape index (κ3) is 3.41. The van der Waals surface area contributed by atoms with Crippen molar-refractivity contribution in [1.82, 2.24) is 0 Å². The summed E-state index contributed by atoms with van der Waals surface area (Å²) in [5.74, 6) is -1.41. The van der Waals surface area contributed by atoms with Gasteiger partial charge in [-0.1, -0.05) is 12.1 Å². The number of aryl methyl sites for hydroxylation is 1. The molecule has 128 valence electrons. The molecule has 2 rings (SSSR count). The summed E-state index contributed by atoms with van der Waals surface area (Å²) in [5.41, 5.74) is 0.739. The number of anilines is 1. The fraction of sp³-hybridized carbons (Fsp3) is 0.200. The van der Waals surface area contributed by atoms with Crippen LogP contribution in [0.15, 0.2) is 34.5 Å².